The highest BCUT2D eigenvalue weighted by Gasteiger charge is 2.41. The molecule has 1 rings (SSSR count). The van der Waals surface area contributed by atoms with Crippen molar-refractivity contribution in [1.29, 1.82) is 0 Å². The Kier molecular flexibility index (Phi) is 3.34. The average molecular weight is 213 g/mol. The maximum atomic E-state index is 12.3. The van der Waals surface area contributed by atoms with Gasteiger partial charge in [0.1, 0.15) is 0 Å². The summed E-state index contributed by atoms with van der Waals surface area (Å²) in [6.45, 7) is -1.28. The number of amides is 1. The summed E-state index contributed by atoms with van der Waals surface area (Å²) >= 11 is 0. The number of halogens is 4. The number of carbonyl (C=O) groups excluding carboxylic acids is 1. The molecule has 0 aromatic carbocycles. The van der Waals surface area contributed by atoms with Crippen LogP contribution in [0.3, 0.4) is 0 Å². The SMILES string of the molecule is O=C(NCC(F)(F)C(F)F)C1CCC1. The molecule has 0 aromatic heterocycles. The van der Waals surface area contributed by atoms with Gasteiger partial charge in [0, 0.05) is 5.92 Å². The first kappa shape index (κ1) is 11.3. The molecule has 0 unspecified atom stereocenters. The maximum absolute atomic E-state index is 12.3. The molecule has 1 aliphatic rings. The van der Waals surface area contributed by atoms with Crippen LogP contribution >= 0.6 is 0 Å². The standard InChI is InChI=1S/C8H11F4NO/c9-7(10)8(11,12)4-13-6(14)5-2-1-3-5/h5,7H,1-4H2,(H,13,14). The largest absolute Gasteiger partial charge is 0.350 e. The van der Waals surface area contributed by atoms with E-state index in [0.29, 0.717) is 12.8 Å². The molecule has 1 fully saturated rings. The summed E-state index contributed by atoms with van der Waals surface area (Å²) in [6, 6.07) is 0. The average Bonchev–Trinajstić information content (AvgIpc) is 1.97. The Bertz CT molecular complexity index is 215. The molecule has 0 aliphatic heterocycles. The van der Waals surface area contributed by atoms with Crippen molar-refractivity contribution in [3.8, 4) is 0 Å². The van der Waals surface area contributed by atoms with Crippen molar-refractivity contribution in [3.05, 3.63) is 0 Å². The molecule has 0 spiro atoms. The van der Waals surface area contributed by atoms with E-state index in [-0.39, 0.29) is 5.92 Å². The van der Waals surface area contributed by atoms with Crippen molar-refractivity contribution in [2.75, 3.05) is 6.54 Å². The second-order valence-electron chi connectivity index (χ2n) is 3.41. The number of hydrogen-bond acceptors (Lipinski definition) is 1. The molecule has 0 bridgehead atoms. The van der Waals surface area contributed by atoms with Crippen molar-refractivity contribution in [1.82, 2.24) is 5.32 Å². The van der Waals surface area contributed by atoms with Crippen LogP contribution in [-0.4, -0.2) is 24.8 Å². The lowest BCUT2D eigenvalue weighted by Crippen LogP contribution is -2.44. The van der Waals surface area contributed by atoms with Crippen LogP contribution in [0, 0.1) is 5.92 Å². The Morgan fingerprint density at radius 2 is 2.00 bits per heavy atom. The third-order valence-corrected chi connectivity index (χ3v) is 2.29. The molecule has 1 N–H and O–H groups in total. The van der Waals surface area contributed by atoms with E-state index in [4.69, 9.17) is 0 Å². The van der Waals surface area contributed by atoms with E-state index >= 15 is 0 Å². The van der Waals surface area contributed by atoms with Crippen LogP contribution in [0.1, 0.15) is 19.3 Å². The lowest BCUT2D eigenvalue weighted by Gasteiger charge is -2.25. The van der Waals surface area contributed by atoms with E-state index in [1.54, 1.807) is 0 Å². The van der Waals surface area contributed by atoms with E-state index in [1.807, 2.05) is 5.32 Å². The Hall–Kier alpha value is -0.810. The third kappa shape index (κ3) is 2.59. The topological polar surface area (TPSA) is 29.1 Å². The third-order valence-electron chi connectivity index (χ3n) is 2.29. The van der Waals surface area contributed by atoms with Gasteiger partial charge < -0.3 is 5.32 Å². The number of alkyl halides is 4. The number of rotatable bonds is 4. The molecular formula is C8H11F4NO. The van der Waals surface area contributed by atoms with Crippen LogP contribution < -0.4 is 5.32 Å². The Morgan fingerprint density at radius 1 is 1.43 bits per heavy atom. The summed E-state index contributed by atoms with van der Waals surface area (Å²) in [5, 5.41) is 1.84. The van der Waals surface area contributed by atoms with E-state index in [2.05, 4.69) is 0 Å². The molecule has 0 radical (unpaired) electrons. The fraction of sp³-hybridized carbons (Fsp3) is 0.875. The molecule has 0 atom stereocenters. The minimum Gasteiger partial charge on any atom is -0.350 e. The summed E-state index contributed by atoms with van der Waals surface area (Å²) in [7, 11) is 0. The van der Waals surface area contributed by atoms with Crippen molar-refractivity contribution in [3.63, 3.8) is 0 Å². The van der Waals surface area contributed by atoms with Crippen molar-refractivity contribution in [2.45, 2.75) is 31.6 Å². The Labute approximate surface area is 78.7 Å². The highest BCUT2D eigenvalue weighted by molar-refractivity contribution is 5.79. The van der Waals surface area contributed by atoms with Crippen molar-refractivity contribution in [2.24, 2.45) is 5.92 Å². The smallest absolute Gasteiger partial charge is 0.324 e. The van der Waals surface area contributed by atoms with Gasteiger partial charge in [-0.05, 0) is 12.8 Å². The number of carbonyl (C=O) groups is 1. The maximum Gasteiger partial charge on any atom is 0.324 e. The molecular weight excluding hydrogens is 202 g/mol. The fourth-order valence-electron chi connectivity index (χ4n) is 1.10. The number of nitrogens with one attached hydrogen (secondary N) is 1. The van der Waals surface area contributed by atoms with Crippen molar-refractivity contribution >= 4 is 5.91 Å². The van der Waals surface area contributed by atoms with E-state index in [1.165, 1.54) is 0 Å². The predicted octanol–water partition coefficient (Wildman–Crippen LogP) is 1.80. The minimum absolute atomic E-state index is 0.261. The van der Waals surface area contributed by atoms with Gasteiger partial charge in [0.15, 0.2) is 0 Å². The molecule has 1 amide bonds. The molecule has 0 aromatic rings. The van der Waals surface area contributed by atoms with Gasteiger partial charge >= 0.3 is 12.3 Å². The Balaban J connectivity index is 2.28. The molecule has 2 nitrogen and oxygen atoms in total. The van der Waals surface area contributed by atoms with Crippen LogP contribution in [-0.2, 0) is 4.79 Å². The molecule has 6 heteroatoms. The summed E-state index contributed by atoms with van der Waals surface area (Å²) in [6.07, 6.45) is -1.52. The van der Waals surface area contributed by atoms with Gasteiger partial charge in [0.25, 0.3) is 0 Å². The molecule has 0 heterocycles. The van der Waals surface area contributed by atoms with Crippen LogP contribution in [0.15, 0.2) is 0 Å². The zero-order valence-electron chi connectivity index (χ0n) is 7.40. The summed E-state index contributed by atoms with van der Waals surface area (Å²) < 4.78 is 48.0. The predicted molar refractivity (Wildman–Crippen MR) is 41.3 cm³/mol. The molecule has 1 saturated carbocycles. The van der Waals surface area contributed by atoms with E-state index < -0.39 is 24.8 Å². The van der Waals surface area contributed by atoms with Gasteiger partial charge in [0.2, 0.25) is 5.91 Å². The quantitative estimate of drug-likeness (QED) is 0.709. The fourth-order valence-corrected chi connectivity index (χ4v) is 1.10. The van der Waals surface area contributed by atoms with Crippen LogP contribution in [0.2, 0.25) is 0 Å². The van der Waals surface area contributed by atoms with Gasteiger partial charge in [-0.1, -0.05) is 6.42 Å². The monoisotopic (exact) mass is 213 g/mol. The second kappa shape index (κ2) is 4.14. The van der Waals surface area contributed by atoms with Crippen molar-refractivity contribution < 1.29 is 22.4 Å². The highest BCUT2D eigenvalue weighted by Crippen LogP contribution is 2.27. The molecule has 1 aliphatic carbocycles. The summed E-state index contributed by atoms with van der Waals surface area (Å²) in [5.74, 6) is -4.93. The van der Waals surface area contributed by atoms with Gasteiger partial charge in [-0.2, -0.15) is 8.78 Å². The lowest BCUT2D eigenvalue weighted by atomic mass is 9.85. The summed E-state index contributed by atoms with van der Waals surface area (Å²) in [4.78, 5) is 11.0. The van der Waals surface area contributed by atoms with Crippen LogP contribution in [0.4, 0.5) is 17.6 Å². The molecule has 14 heavy (non-hydrogen) atoms. The first-order chi connectivity index (χ1) is 6.43. The second-order valence-corrected chi connectivity index (χ2v) is 3.41. The van der Waals surface area contributed by atoms with Crippen LogP contribution in [0.5, 0.6) is 0 Å². The zero-order valence-corrected chi connectivity index (χ0v) is 7.40. The van der Waals surface area contributed by atoms with Gasteiger partial charge in [-0.25, -0.2) is 8.78 Å². The van der Waals surface area contributed by atoms with Crippen LogP contribution in [0.25, 0.3) is 0 Å². The minimum atomic E-state index is -4.13. The van der Waals surface area contributed by atoms with E-state index in [0.717, 1.165) is 6.42 Å². The first-order valence-electron chi connectivity index (χ1n) is 4.37. The van der Waals surface area contributed by atoms with Gasteiger partial charge in [-0.15, -0.1) is 0 Å². The summed E-state index contributed by atoms with van der Waals surface area (Å²) in [5.41, 5.74) is 0. The lowest BCUT2D eigenvalue weighted by molar-refractivity contribution is -0.140. The van der Waals surface area contributed by atoms with Gasteiger partial charge in [0.05, 0.1) is 6.54 Å². The van der Waals surface area contributed by atoms with E-state index in [9.17, 15) is 22.4 Å². The number of hydrogen-bond donors (Lipinski definition) is 1. The first-order valence-corrected chi connectivity index (χ1v) is 4.37. The van der Waals surface area contributed by atoms with Gasteiger partial charge in [-0.3, -0.25) is 4.79 Å². The highest BCUT2D eigenvalue weighted by atomic mass is 19.3. The Morgan fingerprint density at radius 3 is 2.36 bits per heavy atom. The molecule has 0 saturated heterocycles. The zero-order chi connectivity index (χ0) is 10.8. The molecule has 82 valence electrons. The normalized spacial score (nSPS) is 18.1.